The second-order valence-corrected chi connectivity index (χ2v) is 4.25. The monoisotopic (exact) mass is 231 g/mol. The maximum absolute atomic E-state index is 11.7. The standard InChI is InChI=1S/C11H21NO4/c1-5-6-8(2)9(13)12-11(3,7-16-4)10(14)15/h8H,5-7H2,1-4H3,(H,12,13)(H,14,15). The zero-order valence-corrected chi connectivity index (χ0v) is 10.4. The quantitative estimate of drug-likeness (QED) is 0.686. The number of rotatable bonds is 7. The van der Waals surface area contributed by atoms with Gasteiger partial charge in [-0.1, -0.05) is 20.3 Å². The Labute approximate surface area is 96.2 Å². The Balaban J connectivity index is 4.52. The van der Waals surface area contributed by atoms with E-state index in [2.05, 4.69) is 5.32 Å². The van der Waals surface area contributed by atoms with E-state index in [1.165, 1.54) is 14.0 Å². The Bertz CT molecular complexity index is 254. The van der Waals surface area contributed by atoms with Crippen LogP contribution < -0.4 is 5.32 Å². The van der Waals surface area contributed by atoms with Gasteiger partial charge in [0.2, 0.25) is 5.91 Å². The molecule has 0 aliphatic rings. The molecule has 0 fully saturated rings. The second kappa shape index (κ2) is 6.48. The first-order valence-corrected chi connectivity index (χ1v) is 5.41. The molecule has 2 unspecified atom stereocenters. The first kappa shape index (κ1) is 14.9. The van der Waals surface area contributed by atoms with Crippen molar-refractivity contribution in [1.29, 1.82) is 0 Å². The van der Waals surface area contributed by atoms with Crippen LogP contribution in [-0.4, -0.2) is 36.2 Å². The van der Waals surface area contributed by atoms with Gasteiger partial charge < -0.3 is 15.2 Å². The summed E-state index contributed by atoms with van der Waals surface area (Å²) in [6.45, 7) is 5.16. The lowest BCUT2D eigenvalue weighted by atomic mass is 10.00. The van der Waals surface area contributed by atoms with Crippen molar-refractivity contribution in [2.45, 2.75) is 39.2 Å². The largest absolute Gasteiger partial charge is 0.479 e. The highest BCUT2D eigenvalue weighted by atomic mass is 16.5. The van der Waals surface area contributed by atoms with Crippen LogP contribution in [0.4, 0.5) is 0 Å². The van der Waals surface area contributed by atoms with E-state index in [1.807, 2.05) is 6.92 Å². The third kappa shape index (κ3) is 4.18. The van der Waals surface area contributed by atoms with Gasteiger partial charge in [0, 0.05) is 13.0 Å². The van der Waals surface area contributed by atoms with Gasteiger partial charge in [-0.2, -0.15) is 0 Å². The van der Waals surface area contributed by atoms with Crippen molar-refractivity contribution in [3.05, 3.63) is 0 Å². The van der Waals surface area contributed by atoms with Crippen LogP contribution in [0.3, 0.4) is 0 Å². The summed E-state index contributed by atoms with van der Waals surface area (Å²) >= 11 is 0. The summed E-state index contributed by atoms with van der Waals surface area (Å²) in [5.74, 6) is -1.52. The molecule has 5 nitrogen and oxygen atoms in total. The van der Waals surface area contributed by atoms with E-state index in [1.54, 1.807) is 6.92 Å². The number of carbonyl (C=O) groups is 2. The molecular formula is C11H21NO4. The molecule has 0 saturated heterocycles. The highest BCUT2D eigenvalue weighted by molar-refractivity contribution is 5.87. The third-order valence-corrected chi connectivity index (χ3v) is 2.47. The lowest BCUT2D eigenvalue weighted by Gasteiger charge is -2.26. The summed E-state index contributed by atoms with van der Waals surface area (Å²) < 4.78 is 4.81. The van der Waals surface area contributed by atoms with Gasteiger partial charge in [0.15, 0.2) is 5.54 Å². The molecule has 0 radical (unpaired) electrons. The van der Waals surface area contributed by atoms with Crippen molar-refractivity contribution in [2.24, 2.45) is 5.92 Å². The van der Waals surface area contributed by atoms with E-state index in [0.717, 1.165) is 12.8 Å². The van der Waals surface area contributed by atoms with Crippen LogP contribution in [0.15, 0.2) is 0 Å². The number of hydrogen-bond acceptors (Lipinski definition) is 3. The van der Waals surface area contributed by atoms with Crippen molar-refractivity contribution in [1.82, 2.24) is 5.32 Å². The number of methoxy groups -OCH3 is 1. The van der Waals surface area contributed by atoms with Crippen LogP contribution in [-0.2, 0) is 14.3 Å². The first-order chi connectivity index (χ1) is 7.37. The summed E-state index contributed by atoms with van der Waals surface area (Å²) in [4.78, 5) is 22.7. The SMILES string of the molecule is CCCC(C)C(=O)NC(C)(COC)C(=O)O. The summed E-state index contributed by atoms with van der Waals surface area (Å²) in [5, 5.41) is 11.5. The predicted octanol–water partition coefficient (Wildman–Crippen LogP) is 1.03. The van der Waals surface area contributed by atoms with Gasteiger partial charge in [-0.15, -0.1) is 0 Å². The molecule has 0 spiro atoms. The third-order valence-electron chi connectivity index (χ3n) is 2.47. The molecule has 2 atom stereocenters. The average molecular weight is 231 g/mol. The number of carboxylic acid groups (broad SMARTS) is 1. The Morgan fingerprint density at radius 2 is 2.06 bits per heavy atom. The number of ether oxygens (including phenoxy) is 1. The van der Waals surface area contributed by atoms with Crippen LogP contribution in [0.5, 0.6) is 0 Å². The van der Waals surface area contributed by atoms with Crippen molar-refractivity contribution < 1.29 is 19.4 Å². The van der Waals surface area contributed by atoms with Crippen LogP contribution in [0.1, 0.15) is 33.6 Å². The molecule has 5 heteroatoms. The fraction of sp³-hybridized carbons (Fsp3) is 0.818. The molecule has 0 aromatic rings. The molecule has 0 rings (SSSR count). The van der Waals surface area contributed by atoms with Gasteiger partial charge in [-0.05, 0) is 13.3 Å². The highest BCUT2D eigenvalue weighted by Gasteiger charge is 2.35. The second-order valence-electron chi connectivity index (χ2n) is 4.25. The van der Waals surface area contributed by atoms with Crippen LogP contribution in [0.25, 0.3) is 0 Å². The molecule has 2 N–H and O–H groups in total. The smallest absolute Gasteiger partial charge is 0.331 e. The lowest BCUT2D eigenvalue weighted by Crippen LogP contribution is -2.56. The fourth-order valence-electron chi connectivity index (χ4n) is 1.40. The van der Waals surface area contributed by atoms with Crippen molar-refractivity contribution in [3.63, 3.8) is 0 Å². The van der Waals surface area contributed by atoms with E-state index < -0.39 is 11.5 Å². The van der Waals surface area contributed by atoms with Crippen molar-refractivity contribution >= 4 is 11.9 Å². The number of hydrogen-bond donors (Lipinski definition) is 2. The van der Waals surface area contributed by atoms with E-state index in [4.69, 9.17) is 9.84 Å². The Hall–Kier alpha value is -1.10. The van der Waals surface area contributed by atoms with Gasteiger partial charge in [0.25, 0.3) is 0 Å². The minimum absolute atomic E-state index is 0.0487. The Kier molecular flexibility index (Phi) is 6.03. The Morgan fingerprint density at radius 1 is 1.50 bits per heavy atom. The number of nitrogens with one attached hydrogen (secondary N) is 1. The molecule has 16 heavy (non-hydrogen) atoms. The van der Waals surface area contributed by atoms with Gasteiger partial charge in [-0.25, -0.2) is 4.79 Å². The number of aliphatic carboxylic acids is 1. The molecule has 0 heterocycles. The summed E-state index contributed by atoms with van der Waals surface area (Å²) in [7, 11) is 1.41. The summed E-state index contributed by atoms with van der Waals surface area (Å²) in [6, 6.07) is 0. The van der Waals surface area contributed by atoms with E-state index in [-0.39, 0.29) is 18.4 Å². The number of carboxylic acids is 1. The van der Waals surface area contributed by atoms with Gasteiger partial charge in [-0.3, -0.25) is 4.79 Å². The topological polar surface area (TPSA) is 75.6 Å². The maximum atomic E-state index is 11.7. The Morgan fingerprint density at radius 3 is 2.44 bits per heavy atom. The molecule has 0 aliphatic heterocycles. The zero-order chi connectivity index (χ0) is 12.8. The summed E-state index contributed by atoms with van der Waals surface area (Å²) in [6.07, 6.45) is 1.64. The van der Waals surface area contributed by atoms with Gasteiger partial charge in [0.1, 0.15) is 0 Å². The van der Waals surface area contributed by atoms with E-state index in [9.17, 15) is 9.59 Å². The van der Waals surface area contributed by atoms with E-state index >= 15 is 0 Å². The molecular weight excluding hydrogens is 210 g/mol. The molecule has 0 aromatic heterocycles. The van der Waals surface area contributed by atoms with Crippen molar-refractivity contribution in [2.75, 3.05) is 13.7 Å². The first-order valence-electron chi connectivity index (χ1n) is 5.41. The fourth-order valence-corrected chi connectivity index (χ4v) is 1.40. The molecule has 94 valence electrons. The van der Waals surface area contributed by atoms with Crippen LogP contribution in [0, 0.1) is 5.92 Å². The molecule has 0 aromatic carbocycles. The predicted molar refractivity (Wildman–Crippen MR) is 60.1 cm³/mol. The molecule has 0 bridgehead atoms. The summed E-state index contributed by atoms with van der Waals surface area (Å²) in [5.41, 5.74) is -1.35. The van der Waals surface area contributed by atoms with Crippen molar-refractivity contribution in [3.8, 4) is 0 Å². The zero-order valence-electron chi connectivity index (χ0n) is 10.4. The molecule has 1 amide bonds. The minimum Gasteiger partial charge on any atom is -0.479 e. The minimum atomic E-state index is -1.35. The average Bonchev–Trinajstić information content (AvgIpc) is 2.18. The highest BCUT2D eigenvalue weighted by Crippen LogP contribution is 2.10. The number of carbonyl (C=O) groups excluding carboxylic acids is 1. The number of amides is 1. The maximum Gasteiger partial charge on any atom is 0.331 e. The normalized spacial score (nSPS) is 16.2. The lowest BCUT2D eigenvalue weighted by molar-refractivity contribution is -0.149. The van der Waals surface area contributed by atoms with Gasteiger partial charge >= 0.3 is 5.97 Å². The van der Waals surface area contributed by atoms with E-state index in [0.29, 0.717) is 0 Å². The molecule has 0 aliphatic carbocycles. The molecule has 0 saturated carbocycles. The van der Waals surface area contributed by atoms with Gasteiger partial charge in [0.05, 0.1) is 6.61 Å². The van der Waals surface area contributed by atoms with Crippen LogP contribution >= 0.6 is 0 Å². The van der Waals surface area contributed by atoms with Crippen LogP contribution in [0.2, 0.25) is 0 Å².